The minimum atomic E-state index is -0.0496. The van der Waals surface area contributed by atoms with Gasteiger partial charge in [-0.2, -0.15) is 0 Å². The summed E-state index contributed by atoms with van der Waals surface area (Å²) in [6.07, 6.45) is 2.57. The zero-order chi connectivity index (χ0) is 9.56. The highest BCUT2D eigenvalue weighted by atomic mass is 16.5. The van der Waals surface area contributed by atoms with Gasteiger partial charge in [-0.1, -0.05) is 25.7 Å². The van der Waals surface area contributed by atoms with Crippen molar-refractivity contribution in [3.63, 3.8) is 0 Å². The van der Waals surface area contributed by atoms with Gasteiger partial charge in [0.2, 0.25) is 0 Å². The second kappa shape index (κ2) is 5.47. The largest absolute Gasteiger partial charge is 0.505 e. The monoisotopic (exact) mass is 168 g/mol. The highest BCUT2D eigenvalue weighted by molar-refractivity contribution is 5.24. The first-order valence-corrected chi connectivity index (χ1v) is 3.96. The van der Waals surface area contributed by atoms with Crippen LogP contribution in [0, 0.1) is 0 Å². The lowest BCUT2D eigenvalue weighted by Crippen LogP contribution is -1.96. The van der Waals surface area contributed by atoms with Crippen LogP contribution < -0.4 is 0 Å². The van der Waals surface area contributed by atoms with Crippen LogP contribution >= 0.6 is 0 Å². The molecule has 0 aromatic heterocycles. The summed E-state index contributed by atoms with van der Waals surface area (Å²) in [6.45, 7) is 11.5. The van der Waals surface area contributed by atoms with E-state index in [1.54, 1.807) is 6.08 Å². The summed E-state index contributed by atoms with van der Waals surface area (Å²) in [4.78, 5) is 0. The molecule has 12 heavy (non-hydrogen) atoms. The number of rotatable bonds is 5. The zero-order valence-corrected chi connectivity index (χ0v) is 7.76. The van der Waals surface area contributed by atoms with E-state index in [0.717, 1.165) is 12.0 Å². The van der Waals surface area contributed by atoms with E-state index in [0.29, 0.717) is 12.4 Å². The normalized spacial score (nSPS) is 11.0. The number of allylic oxidation sites excluding steroid dienone is 2. The first-order chi connectivity index (χ1) is 5.57. The van der Waals surface area contributed by atoms with Gasteiger partial charge in [0.15, 0.2) is 5.76 Å². The van der Waals surface area contributed by atoms with Crippen molar-refractivity contribution in [1.82, 2.24) is 0 Å². The van der Waals surface area contributed by atoms with Crippen molar-refractivity contribution in [2.75, 3.05) is 6.61 Å². The Morgan fingerprint density at radius 2 is 2.08 bits per heavy atom. The lowest BCUT2D eigenvalue weighted by molar-refractivity contribution is 0.195. The van der Waals surface area contributed by atoms with E-state index in [2.05, 4.69) is 13.2 Å². The molecule has 2 nitrogen and oxygen atoms in total. The second-order valence-corrected chi connectivity index (χ2v) is 2.65. The molecule has 0 rings (SSSR count). The predicted octanol–water partition coefficient (Wildman–Crippen LogP) is 2.94. The fourth-order valence-corrected chi connectivity index (χ4v) is 0.644. The molecular formula is C10H16O2. The number of ether oxygens (including phenoxy) is 1. The van der Waals surface area contributed by atoms with Gasteiger partial charge in [-0.3, -0.25) is 0 Å². The molecule has 0 saturated carbocycles. The Kier molecular flexibility index (Phi) is 4.93. The summed E-state index contributed by atoms with van der Waals surface area (Å²) < 4.78 is 5.21. The average molecular weight is 168 g/mol. The summed E-state index contributed by atoms with van der Waals surface area (Å²) in [6, 6.07) is 0. The maximum Gasteiger partial charge on any atom is 0.160 e. The van der Waals surface area contributed by atoms with Gasteiger partial charge < -0.3 is 9.84 Å². The number of hydrogen-bond donors (Lipinski definition) is 1. The van der Waals surface area contributed by atoms with E-state index in [9.17, 15) is 0 Å². The third-order valence-electron chi connectivity index (χ3n) is 1.12. The summed E-state index contributed by atoms with van der Waals surface area (Å²) in [5.74, 6) is 0.357. The van der Waals surface area contributed by atoms with Gasteiger partial charge in [-0.15, -0.1) is 0 Å². The SMILES string of the molecule is C=C(C)/C=C(/OCCC)C(=C)O. The summed E-state index contributed by atoms with van der Waals surface area (Å²) in [5.41, 5.74) is 0.830. The Morgan fingerprint density at radius 3 is 2.42 bits per heavy atom. The van der Waals surface area contributed by atoms with E-state index in [1.807, 2.05) is 13.8 Å². The Morgan fingerprint density at radius 1 is 1.50 bits per heavy atom. The molecular weight excluding hydrogens is 152 g/mol. The van der Waals surface area contributed by atoms with E-state index >= 15 is 0 Å². The number of aliphatic hydroxyl groups is 1. The van der Waals surface area contributed by atoms with Crippen LogP contribution in [0.5, 0.6) is 0 Å². The molecule has 0 fully saturated rings. The van der Waals surface area contributed by atoms with Gasteiger partial charge in [0.25, 0.3) is 0 Å². The van der Waals surface area contributed by atoms with Gasteiger partial charge in [0.05, 0.1) is 6.61 Å². The van der Waals surface area contributed by atoms with Crippen molar-refractivity contribution in [3.05, 3.63) is 36.3 Å². The molecule has 1 N–H and O–H groups in total. The van der Waals surface area contributed by atoms with Crippen molar-refractivity contribution in [1.29, 1.82) is 0 Å². The van der Waals surface area contributed by atoms with Crippen LogP contribution in [-0.4, -0.2) is 11.7 Å². The molecule has 0 bridgehead atoms. The lowest BCUT2D eigenvalue weighted by Gasteiger charge is -2.07. The minimum absolute atomic E-state index is 0.0496. The third kappa shape index (κ3) is 4.61. The average Bonchev–Trinajstić information content (AvgIpc) is 1.96. The second-order valence-electron chi connectivity index (χ2n) is 2.65. The molecule has 0 saturated heterocycles. The smallest absolute Gasteiger partial charge is 0.160 e. The Labute approximate surface area is 73.9 Å². The van der Waals surface area contributed by atoms with Crippen molar-refractivity contribution < 1.29 is 9.84 Å². The molecule has 0 heterocycles. The lowest BCUT2D eigenvalue weighted by atomic mass is 10.3. The topological polar surface area (TPSA) is 29.5 Å². The Bertz CT molecular complexity index is 202. The first-order valence-electron chi connectivity index (χ1n) is 3.96. The standard InChI is InChI=1S/C10H16O2/c1-5-6-12-10(9(4)11)7-8(2)3/h7,11H,2,4-6H2,1,3H3/b10-7+. The molecule has 0 aromatic rings. The molecule has 0 aliphatic carbocycles. The van der Waals surface area contributed by atoms with Crippen LogP contribution in [0.15, 0.2) is 36.3 Å². The molecule has 0 radical (unpaired) electrons. The highest BCUT2D eigenvalue weighted by Gasteiger charge is 2.00. The van der Waals surface area contributed by atoms with Gasteiger partial charge in [-0.25, -0.2) is 0 Å². The number of hydrogen-bond acceptors (Lipinski definition) is 2. The molecule has 0 atom stereocenters. The molecule has 0 aliphatic rings. The predicted molar refractivity (Wildman–Crippen MR) is 50.9 cm³/mol. The Hall–Kier alpha value is -1.18. The quantitative estimate of drug-likeness (QED) is 0.505. The molecule has 0 aromatic carbocycles. The molecule has 68 valence electrons. The van der Waals surface area contributed by atoms with Crippen molar-refractivity contribution in [2.45, 2.75) is 20.3 Å². The van der Waals surface area contributed by atoms with E-state index in [4.69, 9.17) is 9.84 Å². The number of aliphatic hydroxyl groups excluding tert-OH is 1. The highest BCUT2D eigenvalue weighted by Crippen LogP contribution is 2.09. The van der Waals surface area contributed by atoms with Gasteiger partial charge >= 0.3 is 0 Å². The minimum Gasteiger partial charge on any atom is -0.505 e. The first kappa shape index (κ1) is 10.8. The molecule has 0 spiro atoms. The fourth-order valence-electron chi connectivity index (χ4n) is 0.644. The fraction of sp³-hybridized carbons (Fsp3) is 0.400. The van der Waals surface area contributed by atoms with Crippen molar-refractivity contribution in [2.24, 2.45) is 0 Å². The van der Waals surface area contributed by atoms with Crippen LogP contribution in [0.25, 0.3) is 0 Å². The van der Waals surface area contributed by atoms with Gasteiger partial charge in [0.1, 0.15) is 5.76 Å². The van der Waals surface area contributed by atoms with Crippen LogP contribution in [0.2, 0.25) is 0 Å². The summed E-state index contributed by atoms with van der Waals surface area (Å²) >= 11 is 0. The van der Waals surface area contributed by atoms with Crippen LogP contribution in [0.4, 0.5) is 0 Å². The van der Waals surface area contributed by atoms with Crippen molar-refractivity contribution >= 4 is 0 Å². The molecule has 2 heteroatoms. The summed E-state index contributed by atoms with van der Waals surface area (Å²) in [7, 11) is 0. The van der Waals surface area contributed by atoms with Gasteiger partial charge in [-0.05, 0) is 19.4 Å². The van der Waals surface area contributed by atoms with Gasteiger partial charge in [0, 0.05) is 0 Å². The van der Waals surface area contributed by atoms with Crippen LogP contribution in [0.3, 0.4) is 0 Å². The van der Waals surface area contributed by atoms with E-state index in [1.165, 1.54) is 0 Å². The molecule has 0 amide bonds. The molecule has 0 aliphatic heterocycles. The van der Waals surface area contributed by atoms with Crippen molar-refractivity contribution in [3.8, 4) is 0 Å². The maximum atomic E-state index is 9.06. The maximum absolute atomic E-state index is 9.06. The summed E-state index contributed by atoms with van der Waals surface area (Å²) in [5, 5.41) is 9.06. The van der Waals surface area contributed by atoms with E-state index in [-0.39, 0.29) is 5.76 Å². The van der Waals surface area contributed by atoms with Crippen LogP contribution in [0.1, 0.15) is 20.3 Å². The van der Waals surface area contributed by atoms with E-state index < -0.39 is 0 Å². The Balaban J connectivity index is 4.23. The molecule has 0 unspecified atom stereocenters. The third-order valence-corrected chi connectivity index (χ3v) is 1.12. The zero-order valence-electron chi connectivity index (χ0n) is 7.76. The van der Waals surface area contributed by atoms with Crippen LogP contribution in [-0.2, 0) is 4.74 Å².